The topological polar surface area (TPSA) is 86.0 Å². The van der Waals surface area contributed by atoms with Crippen molar-refractivity contribution in [2.24, 2.45) is 0 Å². The quantitative estimate of drug-likeness (QED) is 0.520. The van der Waals surface area contributed by atoms with E-state index in [4.69, 9.17) is 23.2 Å². The third-order valence-electron chi connectivity index (χ3n) is 3.24. The number of amides is 3. The highest BCUT2D eigenvalue weighted by atomic mass is 35.5. The molecule has 0 unspecified atom stereocenters. The van der Waals surface area contributed by atoms with E-state index in [-0.39, 0.29) is 0 Å². The number of carbonyl (C=O) groups is 2. The normalized spacial score (nSPS) is 10.4. The molecule has 0 spiro atoms. The van der Waals surface area contributed by atoms with Crippen molar-refractivity contribution in [3.8, 4) is 0 Å². The molecule has 0 atom stereocenters. The van der Waals surface area contributed by atoms with Gasteiger partial charge in [-0.15, -0.1) is 0 Å². The van der Waals surface area contributed by atoms with Crippen LogP contribution in [0.1, 0.15) is 10.5 Å². The zero-order valence-electron chi connectivity index (χ0n) is 12.2. The van der Waals surface area contributed by atoms with E-state index in [1.165, 1.54) is 0 Å². The summed E-state index contributed by atoms with van der Waals surface area (Å²) >= 11 is 11.8. The molecule has 0 saturated heterocycles. The summed E-state index contributed by atoms with van der Waals surface area (Å²) in [5.74, 6) is -0.489. The van der Waals surface area contributed by atoms with Gasteiger partial charge in [0.25, 0.3) is 5.91 Å². The number of aromatic amines is 1. The summed E-state index contributed by atoms with van der Waals surface area (Å²) in [5, 5.41) is 4.30. The van der Waals surface area contributed by atoms with Gasteiger partial charge in [0.1, 0.15) is 5.69 Å². The first-order chi connectivity index (χ1) is 11.5. The monoisotopic (exact) mass is 362 g/mol. The molecule has 122 valence electrons. The lowest BCUT2D eigenvalue weighted by Crippen LogP contribution is -2.44. The van der Waals surface area contributed by atoms with Gasteiger partial charge in [-0.05, 0) is 36.4 Å². The number of rotatable bonds is 2. The Morgan fingerprint density at radius 2 is 1.75 bits per heavy atom. The predicted octanol–water partition coefficient (Wildman–Crippen LogP) is 3.94. The maximum Gasteiger partial charge on any atom is 0.337 e. The van der Waals surface area contributed by atoms with Crippen molar-refractivity contribution in [1.29, 1.82) is 0 Å². The minimum atomic E-state index is -0.615. The molecular weight excluding hydrogens is 351 g/mol. The molecule has 3 amide bonds. The first-order valence-corrected chi connectivity index (χ1v) is 7.68. The highest BCUT2D eigenvalue weighted by molar-refractivity contribution is 6.33. The molecule has 24 heavy (non-hydrogen) atoms. The van der Waals surface area contributed by atoms with E-state index in [9.17, 15) is 9.59 Å². The van der Waals surface area contributed by atoms with Crippen LogP contribution in [0.2, 0.25) is 10.0 Å². The van der Waals surface area contributed by atoms with Crippen LogP contribution >= 0.6 is 23.2 Å². The van der Waals surface area contributed by atoms with Gasteiger partial charge in [-0.2, -0.15) is 0 Å². The summed E-state index contributed by atoms with van der Waals surface area (Å²) in [6, 6.07) is 13.0. The largest absolute Gasteiger partial charge is 0.350 e. The van der Waals surface area contributed by atoms with Gasteiger partial charge in [0.2, 0.25) is 0 Å². The number of H-pyrrole nitrogens is 1. The number of carbonyl (C=O) groups excluding carboxylic acids is 2. The number of fused-ring (bicyclic) bond motifs is 1. The first kappa shape index (κ1) is 16.2. The van der Waals surface area contributed by atoms with Crippen LogP contribution in [0.15, 0.2) is 48.5 Å². The number of aromatic nitrogens is 1. The second-order valence-electron chi connectivity index (χ2n) is 4.93. The van der Waals surface area contributed by atoms with Gasteiger partial charge in [0.15, 0.2) is 0 Å². The van der Waals surface area contributed by atoms with Crippen molar-refractivity contribution in [3.63, 3.8) is 0 Å². The Labute approximate surface area is 147 Å². The number of hydrogen-bond acceptors (Lipinski definition) is 2. The number of hydrogen-bond donors (Lipinski definition) is 4. The minimum Gasteiger partial charge on any atom is -0.350 e. The third kappa shape index (κ3) is 3.61. The molecule has 4 N–H and O–H groups in total. The van der Waals surface area contributed by atoms with Crippen molar-refractivity contribution in [2.75, 3.05) is 5.32 Å². The molecule has 3 aromatic rings. The Morgan fingerprint density at radius 3 is 2.54 bits per heavy atom. The number of hydrazine groups is 1. The molecule has 8 heteroatoms. The standard InChI is InChI=1S/C16H12Cl2N4O2/c17-10-5-6-12-9(7-10)8-14(19-12)15(23)21-22-16(24)20-13-4-2-1-3-11(13)18/h1-8,19H,(H,21,23)(H2,20,22,24). The molecule has 0 aliphatic heterocycles. The van der Waals surface area contributed by atoms with E-state index >= 15 is 0 Å². The van der Waals surface area contributed by atoms with Gasteiger partial charge >= 0.3 is 6.03 Å². The molecule has 0 bridgehead atoms. The number of para-hydroxylation sites is 1. The highest BCUT2D eigenvalue weighted by Gasteiger charge is 2.11. The Morgan fingerprint density at radius 1 is 0.958 bits per heavy atom. The van der Waals surface area contributed by atoms with E-state index in [0.717, 1.165) is 10.9 Å². The average molecular weight is 363 g/mol. The van der Waals surface area contributed by atoms with Gasteiger partial charge in [-0.25, -0.2) is 10.2 Å². The molecule has 0 aliphatic rings. The first-order valence-electron chi connectivity index (χ1n) is 6.93. The van der Waals surface area contributed by atoms with Crippen molar-refractivity contribution in [3.05, 3.63) is 64.3 Å². The molecule has 2 aromatic carbocycles. The lowest BCUT2D eigenvalue weighted by atomic mass is 10.2. The van der Waals surface area contributed by atoms with Gasteiger partial charge in [-0.3, -0.25) is 10.2 Å². The zero-order chi connectivity index (χ0) is 17.1. The summed E-state index contributed by atoms with van der Waals surface area (Å²) in [7, 11) is 0. The van der Waals surface area contributed by atoms with Crippen LogP contribution in [0, 0.1) is 0 Å². The van der Waals surface area contributed by atoms with E-state index in [1.54, 1.807) is 48.5 Å². The average Bonchev–Trinajstić information content (AvgIpc) is 2.98. The number of nitrogens with one attached hydrogen (secondary N) is 4. The van der Waals surface area contributed by atoms with Gasteiger partial charge in [0, 0.05) is 15.9 Å². The second kappa shape index (κ2) is 6.82. The predicted molar refractivity (Wildman–Crippen MR) is 94.4 cm³/mol. The summed E-state index contributed by atoms with van der Waals surface area (Å²) < 4.78 is 0. The van der Waals surface area contributed by atoms with Crippen LogP contribution in [0.25, 0.3) is 10.9 Å². The lowest BCUT2D eigenvalue weighted by molar-refractivity contribution is 0.0934. The van der Waals surface area contributed by atoms with Crippen molar-refractivity contribution < 1.29 is 9.59 Å². The van der Waals surface area contributed by atoms with Crippen LogP contribution in [-0.2, 0) is 0 Å². The minimum absolute atomic E-state index is 0.297. The maximum absolute atomic E-state index is 12.1. The molecule has 6 nitrogen and oxygen atoms in total. The van der Waals surface area contributed by atoms with E-state index in [0.29, 0.717) is 21.4 Å². The van der Waals surface area contributed by atoms with Gasteiger partial charge in [-0.1, -0.05) is 35.3 Å². The molecule has 1 aromatic heterocycles. The van der Waals surface area contributed by atoms with E-state index in [1.807, 2.05) is 0 Å². The molecule has 0 fully saturated rings. The fourth-order valence-corrected chi connectivity index (χ4v) is 2.49. The van der Waals surface area contributed by atoms with Crippen LogP contribution in [-0.4, -0.2) is 16.9 Å². The third-order valence-corrected chi connectivity index (χ3v) is 3.80. The molecule has 3 rings (SSSR count). The van der Waals surface area contributed by atoms with Gasteiger partial charge < -0.3 is 10.3 Å². The summed E-state index contributed by atoms with van der Waals surface area (Å²) in [5.41, 5.74) is 6.07. The Hall–Kier alpha value is -2.70. The Balaban J connectivity index is 1.62. The van der Waals surface area contributed by atoms with Crippen LogP contribution in [0.3, 0.4) is 0 Å². The Bertz CT molecular complexity index is 923. The SMILES string of the molecule is O=C(NNC(=O)c1cc2cc(Cl)ccc2[nH]1)Nc1ccccc1Cl. The molecule has 1 heterocycles. The van der Waals surface area contributed by atoms with Gasteiger partial charge in [0.05, 0.1) is 10.7 Å². The van der Waals surface area contributed by atoms with Crippen LogP contribution in [0.5, 0.6) is 0 Å². The van der Waals surface area contributed by atoms with Crippen molar-refractivity contribution >= 4 is 51.7 Å². The number of anilines is 1. The smallest absolute Gasteiger partial charge is 0.337 e. The number of halogens is 2. The molecular formula is C16H12Cl2N4O2. The number of benzene rings is 2. The number of urea groups is 1. The fourth-order valence-electron chi connectivity index (χ4n) is 2.12. The molecule has 0 aliphatic carbocycles. The van der Waals surface area contributed by atoms with E-state index < -0.39 is 11.9 Å². The molecule has 0 radical (unpaired) electrons. The highest BCUT2D eigenvalue weighted by Crippen LogP contribution is 2.21. The summed E-state index contributed by atoms with van der Waals surface area (Å²) in [6.45, 7) is 0. The molecule has 0 saturated carbocycles. The summed E-state index contributed by atoms with van der Waals surface area (Å²) in [4.78, 5) is 26.8. The lowest BCUT2D eigenvalue weighted by Gasteiger charge is -2.09. The van der Waals surface area contributed by atoms with Crippen LogP contribution in [0.4, 0.5) is 10.5 Å². The Kier molecular flexibility index (Phi) is 4.59. The van der Waals surface area contributed by atoms with Crippen molar-refractivity contribution in [2.45, 2.75) is 0 Å². The van der Waals surface area contributed by atoms with Crippen molar-refractivity contribution in [1.82, 2.24) is 15.8 Å². The summed E-state index contributed by atoms with van der Waals surface area (Å²) in [6.07, 6.45) is 0. The zero-order valence-corrected chi connectivity index (χ0v) is 13.7. The fraction of sp³-hybridized carbons (Fsp3) is 0. The van der Waals surface area contributed by atoms with Crippen LogP contribution < -0.4 is 16.2 Å². The second-order valence-corrected chi connectivity index (χ2v) is 5.77. The van der Waals surface area contributed by atoms with E-state index in [2.05, 4.69) is 21.2 Å². The maximum atomic E-state index is 12.1.